The first-order valence-electron chi connectivity index (χ1n) is 9.86. The van der Waals surface area contributed by atoms with Crippen LogP contribution in [0.1, 0.15) is 28.7 Å². The number of aryl methyl sites for hydroxylation is 2. The van der Waals surface area contributed by atoms with Crippen molar-refractivity contribution in [2.24, 2.45) is 0 Å². The summed E-state index contributed by atoms with van der Waals surface area (Å²) in [6, 6.07) is 10.3. The standard InChI is InChI=1S/C24H24F3NO2S/c1-16-12-17(2)14-18(13-16)15-28-10-3-4-21(23(29)30)22(28)31-11-9-24(26,27)19-5-7-20(25)8-6-19/h3-8,10,12-14,22H,9,11,15H2,1-2H3,(H,29,30). The molecule has 0 spiro atoms. The third kappa shape index (κ3) is 5.94. The van der Waals surface area contributed by atoms with Gasteiger partial charge in [0, 0.05) is 30.5 Å². The number of hydrogen-bond donors (Lipinski definition) is 1. The Kier molecular flexibility index (Phi) is 7.15. The van der Waals surface area contributed by atoms with Crippen molar-refractivity contribution >= 4 is 17.7 Å². The number of carbonyl (C=O) groups is 1. The Morgan fingerprint density at radius 1 is 1.13 bits per heavy atom. The second-order valence-electron chi connectivity index (χ2n) is 7.62. The Bertz CT molecular complexity index is 982. The average Bonchev–Trinajstić information content (AvgIpc) is 2.68. The fraction of sp³-hybridized carbons (Fsp3) is 0.292. The van der Waals surface area contributed by atoms with Crippen LogP contribution in [0.4, 0.5) is 13.2 Å². The maximum atomic E-state index is 14.5. The van der Waals surface area contributed by atoms with Gasteiger partial charge in [-0.1, -0.05) is 41.5 Å². The van der Waals surface area contributed by atoms with Crippen LogP contribution in [0.2, 0.25) is 0 Å². The van der Waals surface area contributed by atoms with Crippen molar-refractivity contribution < 1.29 is 23.1 Å². The molecule has 7 heteroatoms. The van der Waals surface area contributed by atoms with Gasteiger partial charge >= 0.3 is 5.97 Å². The fourth-order valence-corrected chi connectivity index (χ4v) is 4.90. The van der Waals surface area contributed by atoms with Crippen molar-refractivity contribution in [3.63, 3.8) is 0 Å². The molecule has 0 radical (unpaired) electrons. The first-order chi connectivity index (χ1) is 14.7. The van der Waals surface area contributed by atoms with Crippen molar-refractivity contribution in [1.82, 2.24) is 4.90 Å². The summed E-state index contributed by atoms with van der Waals surface area (Å²) in [4.78, 5) is 13.6. The number of aliphatic carboxylic acids is 1. The quantitative estimate of drug-likeness (QED) is 0.537. The molecule has 2 aromatic carbocycles. The zero-order valence-corrected chi connectivity index (χ0v) is 18.1. The third-order valence-corrected chi connectivity index (χ3v) is 6.25. The number of thioether (sulfide) groups is 1. The number of alkyl halides is 2. The smallest absolute Gasteiger partial charge is 0.334 e. The molecule has 1 heterocycles. The van der Waals surface area contributed by atoms with Gasteiger partial charge in [0.2, 0.25) is 0 Å². The highest BCUT2D eigenvalue weighted by Gasteiger charge is 2.33. The fourth-order valence-electron chi connectivity index (χ4n) is 3.60. The normalized spacial score (nSPS) is 16.4. The largest absolute Gasteiger partial charge is 0.478 e. The molecular weight excluding hydrogens is 423 g/mol. The minimum atomic E-state index is -3.13. The molecule has 0 bridgehead atoms. The molecule has 0 aromatic heterocycles. The topological polar surface area (TPSA) is 40.5 Å². The number of allylic oxidation sites excluding steroid dienone is 2. The molecule has 1 aliphatic heterocycles. The van der Waals surface area contributed by atoms with Crippen LogP contribution in [-0.2, 0) is 17.3 Å². The maximum absolute atomic E-state index is 14.5. The van der Waals surface area contributed by atoms with Crippen molar-refractivity contribution in [3.8, 4) is 0 Å². The summed E-state index contributed by atoms with van der Waals surface area (Å²) in [7, 11) is 0. The summed E-state index contributed by atoms with van der Waals surface area (Å²) in [5.74, 6) is -4.73. The van der Waals surface area contributed by atoms with Gasteiger partial charge in [-0.25, -0.2) is 18.0 Å². The Morgan fingerprint density at radius 2 is 1.77 bits per heavy atom. The number of halogens is 3. The van der Waals surface area contributed by atoms with E-state index in [1.54, 1.807) is 12.3 Å². The van der Waals surface area contributed by atoms with E-state index in [0.29, 0.717) is 6.54 Å². The number of carboxylic acids is 1. The Hall–Kier alpha value is -2.67. The highest BCUT2D eigenvalue weighted by Crippen LogP contribution is 2.36. The monoisotopic (exact) mass is 447 g/mol. The minimum absolute atomic E-state index is 0.0385. The number of carboxylic acid groups (broad SMARTS) is 1. The van der Waals surface area contributed by atoms with E-state index < -0.39 is 29.5 Å². The van der Waals surface area contributed by atoms with E-state index in [1.807, 2.05) is 30.9 Å². The van der Waals surface area contributed by atoms with Crippen molar-refractivity contribution in [3.05, 3.63) is 94.5 Å². The molecule has 31 heavy (non-hydrogen) atoms. The van der Waals surface area contributed by atoms with Crippen LogP contribution >= 0.6 is 11.8 Å². The van der Waals surface area contributed by atoms with Crippen molar-refractivity contribution in [1.29, 1.82) is 0 Å². The molecule has 0 fully saturated rings. The number of nitrogens with zero attached hydrogens (tertiary/aromatic N) is 1. The van der Waals surface area contributed by atoms with Crippen molar-refractivity contribution in [2.75, 3.05) is 5.75 Å². The summed E-state index contributed by atoms with van der Waals surface area (Å²) >= 11 is 1.17. The summed E-state index contributed by atoms with van der Waals surface area (Å²) in [6.07, 6.45) is 4.49. The molecule has 2 aromatic rings. The Morgan fingerprint density at radius 3 is 2.39 bits per heavy atom. The van der Waals surface area contributed by atoms with E-state index in [9.17, 15) is 23.1 Å². The number of rotatable bonds is 8. The SMILES string of the molecule is Cc1cc(C)cc(CN2C=CC=C(C(=O)O)C2SCCC(F)(F)c2ccc(F)cc2)c1. The van der Waals surface area contributed by atoms with Crippen molar-refractivity contribution in [2.45, 2.75) is 38.1 Å². The molecule has 0 saturated carbocycles. The second kappa shape index (κ2) is 9.64. The van der Waals surface area contributed by atoms with Gasteiger partial charge in [0.15, 0.2) is 0 Å². The van der Waals surface area contributed by atoms with Gasteiger partial charge in [-0.3, -0.25) is 0 Å². The molecule has 0 amide bonds. The predicted molar refractivity (Wildman–Crippen MR) is 117 cm³/mol. The first-order valence-corrected chi connectivity index (χ1v) is 10.9. The molecule has 1 atom stereocenters. The Labute approximate surface area is 184 Å². The van der Waals surface area contributed by atoms with Crippen LogP contribution < -0.4 is 0 Å². The van der Waals surface area contributed by atoms with Gasteiger partial charge in [-0.15, -0.1) is 11.8 Å². The second-order valence-corrected chi connectivity index (χ2v) is 8.81. The molecule has 0 aliphatic carbocycles. The molecule has 3 nitrogen and oxygen atoms in total. The van der Waals surface area contributed by atoms with Crippen LogP contribution in [0.3, 0.4) is 0 Å². The number of hydrogen-bond acceptors (Lipinski definition) is 3. The summed E-state index contributed by atoms with van der Waals surface area (Å²) < 4.78 is 42.1. The lowest BCUT2D eigenvalue weighted by atomic mass is 10.1. The lowest BCUT2D eigenvalue weighted by molar-refractivity contribution is -0.133. The van der Waals surface area contributed by atoms with Crippen LogP contribution in [-0.4, -0.2) is 27.1 Å². The summed E-state index contributed by atoms with van der Waals surface area (Å²) in [5, 5.41) is 9.03. The van der Waals surface area contributed by atoms with Gasteiger partial charge in [0.05, 0.1) is 5.57 Å². The van der Waals surface area contributed by atoms with Gasteiger partial charge in [-0.05, 0) is 43.7 Å². The highest BCUT2D eigenvalue weighted by atomic mass is 32.2. The Balaban J connectivity index is 1.72. The van der Waals surface area contributed by atoms with Gasteiger partial charge in [-0.2, -0.15) is 0 Å². The van der Waals surface area contributed by atoms with Gasteiger partial charge in [0.25, 0.3) is 5.92 Å². The molecule has 1 unspecified atom stereocenters. The summed E-state index contributed by atoms with van der Waals surface area (Å²) in [5.41, 5.74) is 3.14. The van der Waals surface area contributed by atoms with Crippen LogP contribution in [0.25, 0.3) is 0 Å². The molecular formula is C24H24F3NO2S. The highest BCUT2D eigenvalue weighted by molar-refractivity contribution is 8.00. The lowest BCUT2D eigenvalue weighted by Gasteiger charge is -2.33. The van der Waals surface area contributed by atoms with E-state index in [4.69, 9.17) is 0 Å². The van der Waals surface area contributed by atoms with E-state index in [-0.39, 0.29) is 16.9 Å². The van der Waals surface area contributed by atoms with E-state index >= 15 is 0 Å². The predicted octanol–water partition coefficient (Wildman–Crippen LogP) is 6.02. The van der Waals surface area contributed by atoms with E-state index in [1.165, 1.54) is 17.8 Å². The molecule has 164 valence electrons. The van der Waals surface area contributed by atoms with E-state index in [0.717, 1.165) is 41.0 Å². The zero-order chi connectivity index (χ0) is 22.6. The number of benzene rings is 2. The first kappa shape index (κ1) is 23.0. The van der Waals surface area contributed by atoms with Crippen LogP contribution in [0.5, 0.6) is 0 Å². The minimum Gasteiger partial charge on any atom is -0.478 e. The van der Waals surface area contributed by atoms with Gasteiger partial charge in [0.1, 0.15) is 11.2 Å². The van der Waals surface area contributed by atoms with E-state index in [2.05, 4.69) is 6.07 Å². The molecule has 3 rings (SSSR count). The molecule has 0 saturated heterocycles. The lowest BCUT2D eigenvalue weighted by Crippen LogP contribution is -2.34. The molecule has 1 N–H and O–H groups in total. The zero-order valence-electron chi connectivity index (χ0n) is 17.3. The third-order valence-electron chi connectivity index (χ3n) is 4.97. The van der Waals surface area contributed by atoms with Crippen LogP contribution in [0.15, 0.2) is 66.4 Å². The average molecular weight is 448 g/mol. The van der Waals surface area contributed by atoms with Crippen LogP contribution in [0, 0.1) is 19.7 Å². The van der Waals surface area contributed by atoms with Gasteiger partial charge < -0.3 is 10.0 Å². The maximum Gasteiger partial charge on any atom is 0.334 e. The summed E-state index contributed by atoms with van der Waals surface area (Å²) in [6.45, 7) is 4.46. The molecule has 1 aliphatic rings.